The number of ether oxygens (including phenoxy) is 1. The van der Waals surface area contributed by atoms with Gasteiger partial charge < -0.3 is 14.2 Å². The van der Waals surface area contributed by atoms with Crippen molar-refractivity contribution < 1.29 is 9.53 Å². The molecule has 0 saturated carbocycles. The van der Waals surface area contributed by atoms with E-state index in [1.165, 1.54) is 7.11 Å². The van der Waals surface area contributed by atoms with Crippen molar-refractivity contribution in [3.05, 3.63) is 41.1 Å². The maximum atomic E-state index is 11.9. The number of anilines is 1. The van der Waals surface area contributed by atoms with Gasteiger partial charge in [-0.2, -0.15) is 5.26 Å². The van der Waals surface area contributed by atoms with Crippen molar-refractivity contribution >= 4 is 11.8 Å². The summed E-state index contributed by atoms with van der Waals surface area (Å²) in [5, 5.41) is 9.55. The van der Waals surface area contributed by atoms with Gasteiger partial charge in [0.2, 0.25) is 0 Å². The molecule has 0 spiro atoms. The first-order chi connectivity index (χ1) is 12.5. The number of nitrogens with zero attached hydrogens (tertiary/aromatic N) is 5. The molecule has 7 heteroatoms. The molecule has 1 saturated heterocycles. The van der Waals surface area contributed by atoms with E-state index in [4.69, 9.17) is 4.74 Å². The van der Waals surface area contributed by atoms with E-state index in [-0.39, 0.29) is 0 Å². The smallest absolute Gasteiger partial charge is 0.339 e. The standard InChI is InChI=1S/C19H23N5O2/c1-13-17(19(25)26-3)9-16(10-20)18(22-13)24-7-4-5-15(12-24)11-23-8-6-21-14(23)2/h6,8-9,15H,4-5,7,11-12H2,1-3H3/t15-/m0/s1. The minimum atomic E-state index is -0.467. The Hall–Kier alpha value is -2.88. The molecule has 0 unspecified atom stereocenters. The first-order valence-electron chi connectivity index (χ1n) is 8.76. The average molecular weight is 353 g/mol. The quantitative estimate of drug-likeness (QED) is 0.785. The monoisotopic (exact) mass is 353 g/mol. The maximum Gasteiger partial charge on any atom is 0.339 e. The molecular weight excluding hydrogens is 330 g/mol. The lowest BCUT2D eigenvalue weighted by molar-refractivity contribution is 0.0599. The second-order valence-electron chi connectivity index (χ2n) is 6.68. The summed E-state index contributed by atoms with van der Waals surface area (Å²) in [6, 6.07) is 3.77. The molecule has 136 valence electrons. The molecule has 1 aliphatic rings. The highest BCUT2D eigenvalue weighted by Gasteiger charge is 2.25. The molecule has 0 N–H and O–H groups in total. The normalized spacial score (nSPS) is 17.0. The number of aromatic nitrogens is 3. The van der Waals surface area contributed by atoms with Crippen LogP contribution in [0.15, 0.2) is 18.5 Å². The maximum absolute atomic E-state index is 11.9. The topological polar surface area (TPSA) is 84.0 Å². The molecule has 0 amide bonds. The molecule has 26 heavy (non-hydrogen) atoms. The van der Waals surface area contributed by atoms with Gasteiger partial charge in [-0.25, -0.2) is 14.8 Å². The predicted molar refractivity (Wildman–Crippen MR) is 96.9 cm³/mol. The molecule has 1 fully saturated rings. The summed E-state index contributed by atoms with van der Waals surface area (Å²) in [5.74, 6) is 1.66. The Labute approximate surface area is 153 Å². The molecule has 1 atom stereocenters. The Morgan fingerprint density at radius 3 is 2.92 bits per heavy atom. The Bertz CT molecular complexity index is 852. The Kier molecular flexibility index (Phi) is 5.21. The zero-order chi connectivity index (χ0) is 18.7. The van der Waals surface area contributed by atoms with Gasteiger partial charge in [0.25, 0.3) is 0 Å². The number of rotatable bonds is 4. The van der Waals surface area contributed by atoms with E-state index in [1.54, 1.807) is 13.0 Å². The van der Waals surface area contributed by atoms with Crippen LogP contribution in [0.25, 0.3) is 0 Å². The van der Waals surface area contributed by atoms with E-state index < -0.39 is 5.97 Å². The number of piperidine rings is 1. The molecule has 2 aromatic heterocycles. The minimum Gasteiger partial charge on any atom is -0.465 e. The fourth-order valence-electron chi connectivity index (χ4n) is 3.51. The van der Waals surface area contributed by atoms with Crippen LogP contribution in [0.4, 0.5) is 5.82 Å². The second-order valence-corrected chi connectivity index (χ2v) is 6.68. The Morgan fingerprint density at radius 2 is 2.27 bits per heavy atom. The van der Waals surface area contributed by atoms with Crippen LogP contribution in [0.2, 0.25) is 0 Å². The largest absolute Gasteiger partial charge is 0.465 e. The highest BCUT2D eigenvalue weighted by molar-refractivity contribution is 5.91. The molecule has 3 heterocycles. The number of hydrogen-bond donors (Lipinski definition) is 0. The molecule has 0 aliphatic carbocycles. The van der Waals surface area contributed by atoms with Gasteiger partial charge in [0.15, 0.2) is 0 Å². The number of carbonyl (C=O) groups excluding carboxylic acids is 1. The fraction of sp³-hybridized carbons (Fsp3) is 0.474. The zero-order valence-electron chi connectivity index (χ0n) is 15.4. The van der Waals surface area contributed by atoms with Crippen LogP contribution in [0, 0.1) is 31.1 Å². The summed E-state index contributed by atoms with van der Waals surface area (Å²) in [7, 11) is 1.33. The lowest BCUT2D eigenvalue weighted by atomic mass is 9.97. The van der Waals surface area contributed by atoms with E-state index in [0.29, 0.717) is 28.6 Å². The van der Waals surface area contributed by atoms with E-state index in [0.717, 1.165) is 38.3 Å². The Morgan fingerprint density at radius 1 is 1.46 bits per heavy atom. The molecule has 7 nitrogen and oxygen atoms in total. The number of aryl methyl sites for hydroxylation is 2. The molecule has 1 aliphatic heterocycles. The number of carbonyl (C=O) groups is 1. The summed E-state index contributed by atoms with van der Waals surface area (Å²) >= 11 is 0. The Balaban J connectivity index is 1.84. The van der Waals surface area contributed by atoms with Crippen molar-refractivity contribution in [1.29, 1.82) is 5.26 Å². The number of hydrogen-bond acceptors (Lipinski definition) is 6. The van der Waals surface area contributed by atoms with Crippen LogP contribution < -0.4 is 4.90 Å². The van der Waals surface area contributed by atoms with E-state index >= 15 is 0 Å². The predicted octanol–water partition coefficient (Wildman–Crippen LogP) is 2.47. The van der Waals surface area contributed by atoms with Crippen LogP contribution in [0.3, 0.4) is 0 Å². The molecule has 0 aromatic carbocycles. The van der Waals surface area contributed by atoms with Crippen molar-refractivity contribution in [3.63, 3.8) is 0 Å². The van der Waals surface area contributed by atoms with Crippen molar-refractivity contribution in [2.45, 2.75) is 33.2 Å². The summed E-state index contributed by atoms with van der Waals surface area (Å²) < 4.78 is 6.94. The van der Waals surface area contributed by atoms with Gasteiger partial charge in [-0.05, 0) is 38.7 Å². The van der Waals surface area contributed by atoms with Gasteiger partial charge in [-0.15, -0.1) is 0 Å². The molecule has 2 aromatic rings. The average Bonchev–Trinajstić information content (AvgIpc) is 3.05. The van der Waals surface area contributed by atoms with Gasteiger partial charge >= 0.3 is 5.97 Å². The lowest BCUT2D eigenvalue weighted by Gasteiger charge is -2.34. The number of imidazole rings is 1. The minimum absolute atomic E-state index is 0.343. The van der Waals surface area contributed by atoms with E-state index in [2.05, 4.69) is 25.5 Å². The molecule has 0 bridgehead atoms. The first-order valence-corrected chi connectivity index (χ1v) is 8.76. The third-order valence-corrected chi connectivity index (χ3v) is 4.92. The highest BCUT2D eigenvalue weighted by Crippen LogP contribution is 2.27. The summed E-state index contributed by atoms with van der Waals surface area (Å²) in [5.41, 5.74) is 1.34. The van der Waals surface area contributed by atoms with Crippen LogP contribution in [0.1, 0.15) is 40.3 Å². The van der Waals surface area contributed by atoms with Gasteiger partial charge in [0.05, 0.1) is 23.9 Å². The number of methoxy groups -OCH3 is 1. The van der Waals surface area contributed by atoms with Crippen molar-refractivity contribution in [3.8, 4) is 6.07 Å². The number of pyridine rings is 1. The van der Waals surface area contributed by atoms with Crippen LogP contribution in [0.5, 0.6) is 0 Å². The summed E-state index contributed by atoms with van der Waals surface area (Å²) in [4.78, 5) is 22.9. The highest BCUT2D eigenvalue weighted by atomic mass is 16.5. The molecule has 0 radical (unpaired) electrons. The third kappa shape index (κ3) is 3.54. The third-order valence-electron chi connectivity index (χ3n) is 4.92. The van der Waals surface area contributed by atoms with Crippen molar-refractivity contribution in [2.75, 3.05) is 25.1 Å². The lowest BCUT2D eigenvalue weighted by Crippen LogP contribution is -2.38. The SMILES string of the molecule is COC(=O)c1cc(C#N)c(N2CCC[C@@H](Cn3ccnc3C)C2)nc1C. The van der Waals surface area contributed by atoms with Crippen molar-refractivity contribution in [1.82, 2.24) is 14.5 Å². The summed E-state index contributed by atoms with van der Waals surface area (Å²) in [6.45, 7) is 6.37. The second kappa shape index (κ2) is 7.56. The van der Waals surface area contributed by atoms with Crippen molar-refractivity contribution in [2.24, 2.45) is 5.92 Å². The first kappa shape index (κ1) is 17.9. The van der Waals surface area contributed by atoms with E-state index in [1.807, 2.05) is 19.3 Å². The van der Waals surface area contributed by atoms with Gasteiger partial charge in [-0.1, -0.05) is 0 Å². The molecule has 3 rings (SSSR count). The van der Waals surface area contributed by atoms with Crippen LogP contribution in [-0.4, -0.2) is 40.7 Å². The van der Waals surface area contributed by atoms with E-state index in [9.17, 15) is 10.1 Å². The summed E-state index contributed by atoms with van der Waals surface area (Å²) in [6.07, 6.45) is 6.00. The van der Waals surface area contributed by atoms with Crippen LogP contribution in [-0.2, 0) is 11.3 Å². The fourth-order valence-corrected chi connectivity index (χ4v) is 3.51. The zero-order valence-corrected chi connectivity index (χ0v) is 15.4. The number of nitriles is 1. The van der Waals surface area contributed by atoms with Gasteiger partial charge in [0.1, 0.15) is 17.7 Å². The number of esters is 1. The molecular formula is C19H23N5O2. The van der Waals surface area contributed by atoms with Gasteiger partial charge in [0, 0.05) is 32.0 Å². The van der Waals surface area contributed by atoms with Crippen LogP contribution >= 0.6 is 0 Å². The van der Waals surface area contributed by atoms with Gasteiger partial charge in [-0.3, -0.25) is 0 Å².